The molecule has 0 aromatic rings. The number of halogens is 8. The van der Waals surface area contributed by atoms with Crippen molar-refractivity contribution in [2.75, 3.05) is 26.4 Å². The van der Waals surface area contributed by atoms with Crippen LogP contribution in [-0.2, 0) is 38.0 Å². The van der Waals surface area contributed by atoms with Crippen molar-refractivity contribution in [2.45, 2.75) is 88.5 Å². The fraction of sp³-hybridized carbons (Fsp3) is 0.846. The SMILES string of the molecule is C=C(C(=O)OCC1(C)OCC(F)(F)C(OC(C)OCCOC(=O)C23CC4CC(CC(C4)C2)C3)(C(F)(F)F)O1)C(F)(F)F. The van der Waals surface area contributed by atoms with Crippen LogP contribution in [0.3, 0.4) is 0 Å². The second kappa shape index (κ2) is 11.1. The zero-order chi connectivity index (χ0) is 31.4. The summed E-state index contributed by atoms with van der Waals surface area (Å²) in [6.07, 6.45) is -7.73. The summed E-state index contributed by atoms with van der Waals surface area (Å²) >= 11 is 0. The zero-order valence-corrected chi connectivity index (χ0v) is 22.9. The van der Waals surface area contributed by atoms with E-state index in [1.807, 2.05) is 0 Å². The van der Waals surface area contributed by atoms with Gasteiger partial charge in [-0.1, -0.05) is 6.58 Å². The molecule has 1 saturated heterocycles. The van der Waals surface area contributed by atoms with E-state index in [0.29, 0.717) is 24.7 Å². The molecule has 4 bridgehead atoms. The fourth-order valence-corrected chi connectivity index (χ4v) is 6.79. The molecular weight excluding hydrogens is 592 g/mol. The molecular formula is C26H32F8O8. The Labute approximate surface area is 235 Å². The van der Waals surface area contributed by atoms with Gasteiger partial charge >= 0.3 is 36.0 Å². The number of ether oxygens (including phenoxy) is 6. The first-order valence-electron chi connectivity index (χ1n) is 13.4. The molecule has 1 aliphatic heterocycles. The monoisotopic (exact) mass is 624 g/mol. The van der Waals surface area contributed by atoms with Crippen molar-refractivity contribution in [3.05, 3.63) is 12.2 Å². The van der Waals surface area contributed by atoms with Gasteiger partial charge in [-0.25, -0.2) is 4.79 Å². The van der Waals surface area contributed by atoms with E-state index in [9.17, 15) is 44.7 Å². The number of carbonyl (C=O) groups excluding carboxylic acids is 2. The Kier molecular flexibility index (Phi) is 8.72. The molecule has 240 valence electrons. The van der Waals surface area contributed by atoms with Gasteiger partial charge in [0.05, 0.1) is 12.0 Å². The quantitative estimate of drug-likeness (QED) is 0.104. The predicted molar refractivity (Wildman–Crippen MR) is 123 cm³/mol. The Morgan fingerprint density at radius 3 is 2.00 bits per heavy atom. The van der Waals surface area contributed by atoms with Gasteiger partial charge in [0.1, 0.15) is 25.4 Å². The van der Waals surface area contributed by atoms with Gasteiger partial charge in [0.25, 0.3) is 0 Å². The number of rotatable bonds is 10. The third-order valence-electron chi connectivity index (χ3n) is 8.30. The molecule has 5 aliphatic rings. The van der Waals surface area contributed by atoms with E-state index in [-0.39, 0.29) is 6.61 Å². The van der Waals surface area contributed by atoms with Crippen LogP contribution in [0.1, 0.15) is 52.4 Å². The second-order valence-corrected chi connectivity index (χ2v) is 11.8. The van der Waals surface area contributed by atoms with Gasteiger partial charge in [-0.05, 0) is 70.1 Å². The third-order valence-corrected chi connectivity index (χ3v) is 8.30. The first-order valence-corrected chi connectivity index (χ1v) is 13.4. The van der Waals surface area contributed by atoms with E-state index >= 15 is 0 Å². The summed E-state index contributed by atoms with van der Waals surface area (Å²) in [4.78, 5) is 24.5. The number of carbonyl (C=O) groups is 2. The minimum Gasteiger partial charge on any atom is -0.463 e. The van der Waals surface area contributed by atoms with Gasteiger partial charge in [0, 0.05) is 0 Å². The molecule has 0 radical (unpaired) electrons. The molecule has 42 heavy (non-hydrogen) atoms. The summed E-state index contributed by atoms with van der Waals surface area (Å²) in [6, 6.07) is 0. The van der Waals surface area contributed by atoms with Crippen molar-refractivity contribution < 1.29 is 73.1 Å². The smallest absolute Gasteiger partial charge is 0.450 e. The minimum atomic E-state index is -5.94. The number of esters is 2. The average Bonchev–Trinajstić information content (AvgIpc) is 2.85. The maximum absolute atomic E-state index is 14.8. The lowest BCUT2D eigenvalue weighted by Crippen LogP contribution is -2.72. The normalized spacial score (nSPS) is 36.4. The van der Waals surface area contributed by atoms with Gasteiger partial charge in [-0.15, -0.1) is 0 Å². The van der Waals surface area contributed by atoms with Crippen molar-refractivity contribution >= 4 is 11.9 Å². The van der Waals surface area contributed by atoms with Crippen molar-refractivity contribution in [2.24, 2.45) is 23.2 Å². The van der Waals surface area contributed by atoms with Crippen LogP contribution in [0.2, 0.25) is 0 Å². The van der Waals surface area contributed by atoms with Crippen LogP contribution in [0, 0.1) is 23.2 Å². The van der Waals surface area contributed by atoms with E-state index in [1.54, 1.807) is 0 Å². The fourth-order valence-electron chi connectivity index (χ4n) is 6.79. The van der Waals surface area contributed by atoms with Crippen LogP contribution >= 0.6 is 0 Å². The van der Waals surface area contributed by atoms with Crippen LogP contribution in [-0.4, -0.2) is 74.5 Å². The molecule has 4 aliphatic carbocycles. The molecule has 5 rings (SSSR count). The standard InChI is InChI=1S/C26H32F8O8/c1-14(24(29,30)31)19(35)39-12-21(3)40-13-23(27,28)25(42-21,26(32,33)34)41-15(2)37-4-5-38-20(36)22-9-16-6-17(10-22)8-18(7-16)11-22/h15-18H,1,4-13H2,2-3H3. The van der Waals surface area contributed by atoms with Gasteiger partial charge < -0.3 is 28.4 Å². The summed E-state index contributed by atoms with van der Waals surface area (Å²) in [5.74, 6) is -13.5. The Morgan fingerprint density at radius 2 is 1.50 bits per heavy atom. The Hall–Kier alpha value is -2.04. The lowest BCUT2D eigenvalue weighted by molar-refractivity contribution is -0.535. The molecule has 0 spiro atoms. The second-order valence-electron chi connectivity index (χ2n) is 11.8. The maximum Gasteiger partial charge on any atom is 0.450 e. The molecule has 0 amide bonds. The number of alkyl halides is 8. The highest BCUT2D eigenvalue weighted by Gasteiger charge is 2.78. The summed E-state index contributed by atoms with van der Waals surface area (Å²) < 4.78 is 138. The Balaban J connectivity index is 1.35. The van der Waals surface area contributed by atoms with Gasteiger partial charge in [0.15, 0.2) is 6.29 Å². The topological polar surface area (TPSA) is 89.5 Å². The minimum absolute atomic E-state index is 0.371. The highest BCUT2D eigenvalue weighted by Crippen LogP contribution is 2.60. The first kappa shape index (κ1) is 32.9. The third kappa shape index (κ3) is 6.41. The largest absolute Gasteiger partial charge is 0.463 e. The molecule has 16 heteroatoms. The maximum atomic E-state index is 14.8. The van der Waals surface area contributed by atoms with Gasteiger partial charge in [-0.3, -0.25) is 4.79 Å². The lowest BCUT2D eigenvalue weighted by atomic mass is 9.49. The van der Waals surface area contributed by atoms with Crippen LogP contribution in [0.25, 0.3) is 0 Å². The van der Waals surface area contributed by atoms with Crippen molar-refractivity contribution in [1.29, 1.82) is 0 Å². The molecule has 4 saturated carbocycles. The highest BCUT2D eigenvalue weighted by atomic mass is 19.4. The van der Waals surface area contributed by atoms with Gasteiger partial charge in [-0.2, -0.15) is 35.1 Å². The molecule has 0 aromatic heterocycles. The summed E-state index contributed by atoms with van der Waals surface area (Å²) in [7, 11) is 0. The predicted octanol–water partition coefficient (Wildman–Crippen LogP) is 5.44. The van der Waals surface area contributed by atoms with Crippen LogP contribution < -0.4 is 0 Å². The van der Waals surface area contributed by atoms with Crippen LogP contribution in [0.4, 0.5) is 35.1 Å². The van der Waals surface area contributed by atoms with E-state index in [4.69, 9.17) is 9.47 Å². The van der Waals surface area contributed by atoms with Gasteiger partial charge in [0.2, 0.25) is 5.79 Å². The van der Waals surface area contributed by atoms with Crippen LogP contribution in [0.5, 0.6) is 0 Å². The van der Waals surface area contributed by atoms with Crippen LogP contribution in [0.15, 0.2) is 12.2 Å². The van der Waals surface area contributed by atoms with Crippen molar-refractivity contribution in [1.82, 2.24) is 0 Å². The molecule has 3 unspecified atom stereocenters. The summed E-state index contributed by atoms with van der Waals surface area (Å²) in [6.45, 7) is -0.285. The molecule has 5 fully saturated rings. The molecule has 3 atom stereocenters. The van der Waals surface area contributed by atoms with Crippen molar-refractivity contribution in [3.8, 4) is 0 Å². The summed E-state index contributed by atoms with van der Waals surface area (Å²) in [5, 5.41) is 0. The highest BCUT2D eigenvalue weighted by molar-refractivity contribution is 5.89. The van der Waals surface area contributed by atoms with E-state index in [0.717, 1.165) is 45.4 Å². The molecule has 1 heterocycles. The first-order chi connectivity index (χ1) is 19.2. The number of hydrogen-bond donors (Lipinski definition) is 0. The lowest BCUT2D eigenvalue weighted by Gasteiger charge is -2.55. The zero-order valence-electron chi connectivity index (χ0n) is 22.9. The van der Waals surface area contributed by atoms with E-state index in [1.165, 1.54) is 0 Å². The summed E-state index contributed by atoms with van der Waals surface area (Å²) in [5.41, 5.74) is -2.58. The number of hydrogen-bond acceptors (Lipinski definition) is 8. The Morgan fingerprint density at radius 1 is 0.952 bits per heavy atom. The van der Waals surface area contributed by atoms with E-state index < -0.39 is 78.9 Å². The van der Waals surface area contributed by atoms with Crippen molar-refractivity contribution in [3.63, 3.8) is 0 Å². The molecule has 8 nitrogen and oxygen atoms in total. The molecule has 0 N–H and O–H groups in total. The average molecular weight is 625 g/mol. The Bertz CT molecular complexity index is 1020. The molecule has 0 aromatic carbocycles. The van der Waals surface area contributed by atoms with E-state index in [2.05, 4.69) is 25.5 Å².